The average molecular weight is 139 g/mol. The third-order valence-corrected chi connectivity index (χ3v) is 2.71. The lowest BCUT2D eigenvalue weighted by Crippen LogP contribution is -2.37. The number of nitrogens with zero attached hydrogens (tertiary/aromatic N) is 1. The van der Waals surface area contributed by atoms with E-state index in [1.165, 1.54) is 19.4 Å². The molecule has 1 aliphatic heterocycles. The van der Waals surface area contributed by atoms with Crippen molar-refractivity contribution in [2.45, 2.75) is 31.7 Å². The maximum Gasteiger partial charge on any atom is 0.0213 e. The Bertz CT molecular complexity index is 131. The lowest BCUT2D eigenvalue weighted by Gasteiger charge is -2.30. The van der Waals surface area contributed by atoms with Crippen molar-refractivity contribution in [2.75, 3.05) is 13.6 Å². The molecule has 1 rings (SSSR count). The molecule has 1 nitrogen and oxygen atoms in total. The van der Waals surface area contributed by atoms with Gasteiger partial charge in [0.05, 0.1) is 0 Å². The van der Waals surface area contributed by atoms with Crippen molar-refractivity contribution in [3.8, 4) is 0 Å². The van der Waals surface area contributed by atoms with Gasteiger partial charge >= 0.3 is 0 Å². The molecule has 0 bridgehead atoms. The summed E-state index contributed by atoms with van der Waals surface area (Å²) in [6.07, 6.45) is 5.84. The van der Waals surface area contributed by atoms with Crippen LogP contribution in [-0.2, 0) is 0 Å². The van der Waals surface area contributed by atoms with E-state index in [1.54, 1.807) is 0 Å². The van der Waals surface area contributed by atoms with Crippen LogP contribution in [0.2, 0.25) is 0 Å². The molecular weight excluding hydrogens is 122 g/mol. The molecule has 0 saturated carbocycles. The Kier molecular flexibility index (Phi) is 2.14. The van der Waals surface area contributed by atoms with Gasteiger partial charge in [-0.2, -0.15) is 0 Å². The van der Waals surface area contributed by atoms with Crippen molar-refractivity contribution < 1.29 is 0 Å². The van der Waals surface area contributed by atoms with Gasteiger partial charge in [-0.15, -0.1) is 6.58 Å². The molecule has 0 aromatic rings. The van der Waals surface area contributed by atoms with Gasteiger partial charge in [0.2, 0.25) is 0 Å². The number of rotatable bonds is 2. The molecule has 10 heavy (non-hydrogen) atoms. The molecule has 0 spiro atoms. The van der Waals surface area contributed by atoms with E-state index in [-0.39, 0.29) is 0 Å². The first-order valence-corrected chi connectivity index (χ1v) is 4.01. The van der Waals surface area contributed by atoms with Crippen LogP contribution in [0.15, 0.2) is 12.7 Å². The minimum Gasteiger partial charge on any atom is -0.301 e. The second kappa shape index (κ2) is 2.75. The second-order valence-corrected chi connectivity index (χ2v) is 3.51. The maximum absolute atomic E-state index is 3.78. The van der Waals surface area contributed by atoms with E-state index >= 15 is 0 Å². The van der Waals surface area contributed by atoms with Gasteiger partial charge in [-0.05, 0) is 39.8 Å². The smallest absolute Gasteiger partial charge is 0.0213 e. The molecule has 1 heterocycles. The van der Waals surface area contributed by atoms with E-state index in [0.717, 1.165) is 6.42 Å². The fourth-order valence-corrected chi connectivity index (χ4v) is 1.73. The van der Waals surface area contributed by atoms with E-state index in [0.29, 0.717) is 5.54 Å². The van der Waals surface area contributed by atoms with Crippen LogP contribution in [-0.4, -0.2) is 24.0 Å². The zero-order valence-electron chi connectivity index (χ0n) is 7.06. The van der Waals surface area contributed by atoms with E-state index in [4.69, 9.17) is 0 Å². The molecule has 0 aliphatic carbocycles. The minimum absolute atomic E-state index is 0.418. The Labute approximate surface area is 63.7 Å². The molecule has 58 valence electrons. The van der Waals surface area contributed by atoms with E-state index in [1.807, 2.05) is 6.08 Å². The zero-order valence-corrected chi connectivity index (χ0v) is 7.06. The zero-order chi connectivity index (χ0) is 7.61. The largest absolute Gasteiger partial charge is 0.301 e. The van der Waals surface area contributed by atoms with Gasteiger partial charge in [0.15, 0.2) is 0 Å². The van der Waals surface area contributed by atoms with Crippen LogP contribution < -0.4 is 0 Å². The average Bonchev–Trinajstić information content (AvgIpc) is 2.15. The fourth-order valence-electron chi connectivity index (χ4n) is 1.73. The first-order valence-electron chi connectivity index (χ1n) is 4.01. The van der Waals surface area contributed by atoms with Crippen LogP contribution >= 0.6 is 0 Å². The Morgan fingerprint density at radius 3 is 2.80 bits per heavy atom. The monoisotopic (exact) mass is 139 g/mol. The lowest BCUT2D eigenvalue weighted by atomic mass is 9.95. The van der Waals surface area contributed by atoms with Crippen LogP contribution in [0.1, 0.15) is 26.2 Å². The molecule has 1 unspecified atom stereocenters. The number of hydrogen-bond acceptors (Lipinski definition) is 1. The van der Waals surface area contributed by atoms with Gasteiger partial charge in [-0.3, -0.25) is 0 Å². The highest BCUT2D eigenvalue weighted by molar-refractivity contribution is 4.94. The molecule has 0 amide bonds. The van der Waals surface area contributed by atoms with Gasteiger partial charge in [0.25, 0.3) is 0 Å². The standard InChI is InChI=1S/C9H17N/c1-4-6-9(2)7-5-8-10(9)3/h4H,1,5-8H2,2-3H3. The first-order chi connectivity index (χ1) is 4.69. The molecular formula is C9H17N. The molecule has 1 aliphatic rings. The van der Waals surface area contributed by atoms with Crippen molar-refractivity contribution in [2.24, 2.45) is 0 Å². The molecule has 0 N–H and O–H groups in total. The Morgan fingerprint density at radius 2 is 2.40 bits per heavy atom. The maximum atomic E-state index is 3.78. The summed E-state index contributed by atoms with van der Waals surface area (Å²) in [5.41, 5.74) is 0.418. The number of likely N-dealkylation sites (tertiary alicyclic amines) is 1. The summed E-state index contributed by atoms with van der Waals surface area (Å²) in [6.45, 7) is 7.35. The summed E-state index contributed by atoms with van der Waals surface area (Å²) in [5.74, 6) is 0. The van der Waals surface area contributed by atoms with Gasteiger partial charge < -0.3 is 4.90 Å². The normalized spacial score (nSPS) is 34.6. The van der Waals surface area contributed by atoms with Crippen LogP contribution in [0.3, 0.4) is 0 Å². The van der Waals surface area contributed by atoms with Crippen LogP contribution in [0.25, 0.3) is 0 Å². The summed E-state index contributed by atoms with van der Waals surface area (Å²) in [5, 5.41) is 0. The van der Waals surface area contributed by atoms with E-state index < -0.39 is 0 Å². The second-order valence-electron chi connectivity index (χ2n) is 3.51. The van der Waals surface area contributed by atoms with Crippen molar-refractivity contribution in [1.82, 2.24) is 4.90 Å². The predicted molar refractivity (Wildman–Crippen MR) is 45.1 cm³/mol. The topological polar surface area (TPSA) is 3.24 Å². The molecule has 0 aromatic carbocycles. The summed E-state index contributed by atoms with van der Waals surface area (Å²) in [6, 6.07) is 0. The number of hydrogen-bond donors (Lipinski definition) is 0. The summed E-state index contributed by atoms with van der Waals surface area (Å²) < 4.78 is 0. The minimum atomic E-state index is 0.418. The van der Waals surface area contributed by atoms with Gasteiger partial charge in [0, 0.05) is 5.54 Å². The summed E-state index contributed by atoms with van der Waals surface area (Å²) in [7, 11) is 2.20. The highest BCUT2D eigenvalue weighted by Gasteiger charge is 2.31. The Balaban J connectivity index is 2.56. The van der Waals surface area contributed by atoms with Crippen molar-refractivity contribution in [1.29, 1.82) is 0 Å². The van der Waals surface area contributed by atoms with Crippen LogP contribution in [0, 0.1) is 0 Å². The highest BCUT2D eigenvalue weighted by Crippen LogP contribution is 2.30. The summed E-state index contributed by atoms with van der Waals surface area (Å²) in [4.78, 5) is 2.44. The van der Waals surface area contributed by atoms with Crippen molar-refractivity contribution in [3.05, 3.63) is 12.7 Å². The van der Waals surface area contributed by atoms with Crippen molar-refractivity contribution >= 4 is 0 Å². The fraction of sp³-hybridized carbons (Fsp3) is 0.778. The van der Waals surface area contributed by atoms with E-state index in [9.17, 15) is 0 Å². The Hall–Kier alpha value is -0.300. The van der Waals surface area contributed by atoms with E-state index in [2.05, 4.69) is 25.5 Å². The quantitative estimate of drug-likeness (QED) is 0.529. The highest BCUT2D eigenvalue weighted by atomic mass is 15.2. The molecule has 1 fully saturated rings. The van der Waals surface area contributed by atoms with Crippen molar-refractivity contribution in [3.63, 3.8) is 0 Å². The lowest BCUT2D eigenvalue weighted by molar-refractivity contribution is 0.198. The molecule has 0 aromatic heterocycles. The molecule has 1 saturated heterocycles. The molecule has 0 radical (unpaired) electrons. The van der Waals surface area contributed by atoms with Crippen LogP contribution in [0.5, 0.6) is 0 Å². The van der Waals surface area contributed by atoms with Gasteiger partial charge in [-0.1, -0.05) is 6.08 Å². The molecule has 1 atom stereocenters. The third-order valence-electron chi connectivity index (χ3n) is 2.71. The first kappa shape index (κ1) is 7.80. The Morgan fingerprint density at radius 1 is 1.70 bits per heavy atom. The van der Waals surface area contributed by atoms with Gasteiger partial charge in [-0.25, -0.2) is 0 Å². The summed E-state index contributed by atoms with van der Waals surface area (Å²) >= 11 is 0. The van der Waals surface area contributed by atoms with Crippen LogP contribution in [0.4, 0.5) is 0 Å². The molecule has 1 heteroatoms. The predicted octanol–water partition coefficient (Wildman–Crippen LogP) is 2.05. The third kappa shape index (κ3) is 1.24. The SMILES string of the molecule is C=CCC1(C)CCCN1C. The van der Waals surface area contributed by atoms with Gasteiger partial charge in [0.1, 0.15) is 0 Å².